The number of hydrogen-bond acceptors (Lipinski definition) is 4. The van der Waals surface area contributed by atoms with E-state index in [0.29, 0.717) is 11.7 Å². The lowest BCUT2D eigenvalue weighted by atomic mass is 10.3. The zero-order valence-electron chi connectivity index (χ0n) is 8.47. The van der Waals surface area contributed by atoms with E-state index in [9.17, 15) is 0 Å². The first kappa shape index (κ1) is 9.77. The van der Waals surface area contributed by atoms with Crippen molar-refractivity contribution in [3.05, 3.63) is 28.6 Å². The third kappa shape index (κ3) is 1.69. The molecule has 1 fully saturated rings. The fourth-order valence-electron chi connectivity index (χ4n) is 1.58. The van der Waals surface area contributed by atoms with E-state index in [-0.39, 0.29) is 5.95 Å². The number of nitrogen functional groups attached to an aromatic ring is 1. The molecule has 2 heterocycles. The highest BCUT2D eigenvalue weighted by atomic mass is 79.9. The van der Waals surface area contributed by atoms with Gasteiger partial charge in [0, 0.05) is 18.3 Å². The van der Waals surface area contributed by atoms with Gasteiger partial charge < -0.3 is 5.73 Å². The van der Waals surface area contributed by atoms with Crippen LogP contribution in [-0.4, -0.2) is 19.7 Å². The zero-order chi connectivity index (χ0) is 11.1. The van der Waals surface area contributed by atoms with Gasteiger partial charge in [-0.05, 0) is 34.8 Å². The van der Waals surface area contributed by atoms with E-state index >= 15 is 0 Å². The number of rotatable bonds is 2. The van der Waals surface area contributed by atoms with Gasteiger partial charge in [0.05, 0.1) is 10.2 Å². The normalized spacial score (nSPS) is 15.3. The van der Waals surface area contributed by atoms with Gasteiger partial charge in [0.1, 0.15) is 0 Å². The van der Waals surface area contributed by atoms with Crippen molar-refractivity contribution in [3.8, 4) is 5.82 Å². The molecule has 0 spiro atoms. The summed E-state index contributed by atoms with van der Waals surface area (Å²) in [7, 11) is 0. The fourth-order valence-corrected chi connectivity index (χ4v) is 1.96. The number of anilines is 1. The Morgan fingerprint density at radius 3 is 3.00 bits per heavy atom. The van der Waals surface area contributed by atoms with E-state index in [4.69, 9.17) is 5.73 Å². The molecule has 5 nitrogen and oxygen atoms in total. The van der Waals surface area contributed by atoms with Crippen molar-refractivity contribution < 1.29 is 0 Å². The highest BCUT2D eigenvalue weighted by Crippen LogP contribution is 2.39. The highest BCUT2D eigenvalue weighted by Gasteiger charge is 2.26. The third-order valence-electron chi connectivity index (χ3n) is 2.57. The summed E-state index contributed by atoms with van der Waals surface area (Å²) in [6, 6.07) is 2.03. The van der Waals surface area contributed by atoms with Crippen LogP contribution < -0.4 is 5.73 Å². The van der Waals surface area contributed by atoms with Crippen molar-refractivity contribution in [2.45, 2.75) is 18.8 Å². The summed E-state index contributed by atoms with van der Waals surface area (Å²) in [5.74, 6) is 1.57. The van der Waals surface area contributed by atoms with Crippen molar-refractivity contribution in [1.82, 2.24) is 19.7 Å². The smallest absolute Gasteiger partial charge is 0.222 e. The molecule has 1 aliphatic rings. The van der Waals surface area contributed by atoms with Crippen molar-refractivity contribution in [1.29, 1.82) is 0 Å². The van der Waals surface area contributed by atoms with Crippen LogP contribution in [0.5, 0.6) is 0 Å². The van der Waals surface area contributed by atoms with Gasteiger partial charge in [-0.25, -0.2) is 9.67 Å². The van der Waals surface area contributed by atoms with E-state index in [1.54, 1.807) is 10.9 Å². The fraction of sp³-hybridized carbons (Fsp3) is 0.300. The molecule has 3 rings (SSSR count). The van der Waals surface area contributed by atoms with Crippen molar-refractivity contribution in [3.63, 3.8) is 0 Å². The second-order valence-electron chi connectivity index (χ2n) is 3.86. The lowest BCUT2D eigenvalue weighted by molar-refractivity contribution is 0.805. The van der Waals surface area contributed by atoms with E-state index < -0.39 is 0 Å². The van der Waals surface area contributed by atoms with Crippen molar-refractivity contribution in [2.75, 3.05) is 5.73 Å². The summed E-state index contributed by atoms with van der Waals surface area (Å²) < 4.78 is 2.52. The van der Waals surface area contributed by atoms with Gasteiger partial charge in [-0.3, -0.25) is 0 Å². The Morgan fingerprint density at radius 2 is 2.25 bits per heavy atom. The number of nitrogens with zero attached hydrogens (tertiary/aromatic N) is 4. The van der Waals surface area contributed by atoms with Crippen molar-refractivity contribution in [2.24, 2.45) is 0 Å². The average Bonchev–Trinajstić information content (AvgIpc) is 3.01. The van der Waals surface area contributed by atoms with Gasteiger partial charge in [0.2, 0.25) is 5.95 Å². The summed E-state index contributed by atoms with van der Waals surface area (Å²) in [4.78, 5) is 8.05. The highest BCUT2D eigenvalue weighted by molar-refractivity contribution is 9.10. The number of aromatic nitrogens is 4. The second-order valence-corrected chi connectivity index (χ2v) is 4.71. The summed E-state index contributed by atoms with van der Waals surface area (Å²) in [6.07, 6.45) is 6.02. The van der Waals surface area contributed by atoms with E-state index in [0.717, 1.165) is 10.2 Å². The minimum Gasteiger partial charge on any atom is -0.368 e. The SMILES string of the molecule is Nc1ncc(Br)c(-n2ccc(C3CC3)n2)n1. The standard InChI is InChI=1S/C10H10BrN5/c11-7-5-13-10(12)14-9(7)16-4-3-8(15-16)6-1-2-6/h3-6H,1-2H2,(H2,12,13,14). The molecule has 0 radical (unpaired) electrons. The Balaban J connectivity index is 2.03. The maximum Gasteiger partial charge on any atom is 0.222 e. The molecule has 0 atom stereocenters. The molecule has 0 amide bonds. The Hall–Kier alpha value is -1.43. The molecule has 1 aliphatic carbocycles. The predicted molar refractivity (Wildman–Crippen MR) is 63.2 cm³/mol. The van der Waals surface area contributed by atoms with E-state index in [2.05, 4.69) is 31.0 Å². The molecule has 82 valence electrons. The molecular weight excluding hydrogens is 270 g/mol. The summed E-state index contributed by atoms with van der Waals surface area (Å²) >= 11 is 3.39. The molecule has 16 heavy (non-hydrogen) atoms. The van der Waals surface area contributed by atoms with Gasteiger partial charge in [-0.15, -0.1) is 0 Å². The van der Waals surface area contributed by atoms with E-state index in [1.807, 2.05) is 12.3 Å². The maximum absolute atomic E-state index is 5.56. The van der Waals surface area contributed by atoms with Gasteiger partial charge >= 0.3 is 0 Å². The van der Waals surface area contributed by atoms with Crippen LogP contribution in [0.1, 0.15) is 24.5 Å². The van der Waals surface area contributed by atoms with Crippen LogP contribution in [0.25, 0.3) is 5.82 Å². The quantitative estimate of drug-likeness (QED) is 0.911. The molecule has 0 aromatic carbocycles. The number of hydrogen-bond donors (Lipinski definition) is 1. The summed E-state index contributed by atoms with van der Waals surface area (Å²) in [5.41, 5.74) is 6.69. The molecule has 0 bridgehead atoms. The molecular formula is C10H10BrN5. The first-order valence-electron chi connectivity index (χ1n) is 5.08. The monoisotopic (exact) mass is 279 g/mol. The third-order valence-corrected chi connectivity index (χ3v) is 3.13. The first-order valence-corrected chi connectivity index (χ1v) is 5.87. The largest absolute Gasteiger partial charge is 0.368 e. The molecule has 2 aromatic heterocycles. The Bertz CT molecular complexity index is 532. The predicted octanol–water partition coefficient (Wildman–Crippen LogP) is 1.88. The van der Waals surface area contributed by atoms with Crippen molar-refractivity contribution >= 4 is 21.9 Å². The first-order chi connectivity index (χ1) is 7.74. The molecule has 0 unspecified atom stereocenters. The lowest BCUT2D eigenvalue weighted by Crippen LogP contribution is -2.04. The lowest BCUT2D eigenvalue weighted by Gasteiger charge is -2.03. The van der Waals surface area contributed by atoms with Crippen LogP contribution in [0.15, 0.2) is 22.9 Å². The molecule has 0 aliphatic heterocycles. The Labute approximate surface area is 101 Å². The van der Waals surface area contributed by atoms with Crippen LogP contribution in [0.4, 0.5) is 5.95 Å². The topological polar surface area (TPSA) is 69.6 Å². The molecule has 1 saturated carbocycles. The van der Waals surface area contributed by atoms with Crippen LogP contribution in [0, 0.1) is 0 Å². The summed E-state index contributed by atoms with van der Waals surface area (Å²) in [5, 5.41) is 4.49. The van der Waals surface area contributed by atoms with Gasteiger partial charge in [-0.1, -0.05) is 0 Å². The average molecular weight is 280 g/mol. The Morgan fingerprint density at radius 1 is 1.44 bits per heavy atom. The minimum absolute atomic E-state index is 0.252. The van der Waals surface area contributed by atoms with Crippen LogP contribution in [0.3, 0.4) is 0 Å². The van der Waals surface area contributed by atoms with Gasteiger partial charge in [-0.2, -0.15) is 10.1 Å². The number of halogens is 1. The molecule has 0 saturated heterocycles. The summed E-state index contributed by atoms with van der Waals surface area (Å²) in [6.45, 7) is 0. The molecule has 2 aromatic rings. The van der Waals surface area contributed by atoms with Crippen LogP contribution in [0.2, 0.25) is 0 Å². The minimum atomic E-state index is 0.252. The van der Waals surface area contributed by atoms with Gasteiger partial charge in [0.15, 0.2) is 5.82 Å². The second kappa shape index (κ2) is 3.55. The van der Waals surface area contributed by atoms with Crippen LogP contribution in [-0.2, 0) is 0 Å². The van der Waals surface area contributed by atoms with Crippen LogP contribution >= 0.6 is 15.9 Å². The van der Waals surface area contributed by atoms with E-state index in [1.165, 1.54) is 12.8 Å². The van der Waals surface area contributed by atoms with Gasteiger partial charge in [0.25, 0.3) is 0 Å². The Kier molecular flexibility index (Phi) is 2.17. The zero-order valence-corrected chi connectivity index (χ0v) is 10.1. The number of nitrogens with two attached hydrogens (primary N) is 1. The molecule has 2 N–H and O–H groups in total. The molecule has 6 heteroatoms. The maximum atomic E-state index is 5.56.